The van der Waals surface area contributed by atoms with Crippen LogP contribution in [0, 0.1) is 20.8 Å². The Morgan fingerprint density at radius 1 is 0.957 bits per heavy atom. The van der Waals surface area contributed by atoms with Gasteiger partial charge in [0.25, 0.3) is 0 Å². The zero-order valence-corrected chi connectivity index (χ0v) is 14.7. The number of rotatable bonds is 3. The molecule has 1 heterocycles. The van der Waals surface area contributed by atoms with Crippen molar-refractivity contribution in [2.24, 2.45) is 0 Å². The summed E-state index contributed by atoms with van der Waals surface area (Å²) in [6.07, 6.45) is 1.79. The van der Waals surface area contributed by atoms with Crippen LogP contribution < -0.4 is 0 Å². The fourth-order valence-electron chi connectivity index (χ4n) is 3.38. The van der Waals surface area contributed by atoms with E-state index in [-0.39, 0.29) is 6.04 Å². The first-order valence-electron chi connectivity index (χ1n) is 8.05. The number of aryl methyl sites for hydroxylation is 3. The van der Waals surface area contributed by atoms with Crippen molar-refractivity contribution in [2.45, 2.75) is 44.6 Å². The van der Waals surface area contributed by atoms with Crippen molar-refractivity contribution < 1.29 is 8.42 Å². The zero-order chi connectivity index (χ0) is 16.6. The maximum Gasteiger partial charge on any atom is 0.243 e. The standard InChI is InChI=1S/C19H23NO2S/c1-14-6-9-17(10-7-14)23(21,22)20-12-4-5-19(20)18-11-8-15(2)13-16(18)3/h6-11,13,19H,4-5,12H2,1-3H3/t19-/m0/s1. The van der Waals surface area contributed by atoms with E-state index in [2.05, 4.69) is 32.0 Å². The van der Waals surface area contributed by atoms with Gasteiger partial charge in [-0.15, -0.1) is 0 Å². The van der Waals surface area contributed by atoms with E-state index in [0.717, 1.165) is 24.0 Å². The van der Waals surface area contributed by atoms with E-state index in [1.165, 1.54) is 11.1 Å². The minimum Gasteiger partial charge on any atom is -0.207 e. The van der Waals surface area contributed by atoms with Crippen LogP contribution in [-0.4, -0.2) is 19.3 Å². The van der Waals surface area contributed by atoms with Crippen LogP contribution in [0.25, 0.3) is 0 Å². The Morgan fingerprint density at radius 3 is 2.26 bits per heavy atom. The zero-order valence-electron chi connectivity index (χ0n) is 13.9. The molecule has 1 saturated heterocycles. The molecule has 2 aromatic rings. The van der Waals surface area contributed by atoms with Crippen molar-refractivity contribution in [2.75, 3.05) is 6.54 Å². The van der Waals surface area contributed by atoms with Gasteiger partial charge in [-0.05, 0) is 56.9 Å². The third-order valence-corrected chi connectivity index (χ3v) is 6.54. The van der Waals surface area contributed by atoms with Crippen molar-refractivity contribution in [1.82, 2.24) is 4.31 Å². The first-order valence-corrected chi connectivity index (χ1v) is 9.49. The van der Waals surface area contributed by atoms with Gasteiger partial charge in [0.1, 0.15) is 0 Å². The highest BCUT2D eigenvalue weighted by Gasteiger charge is 2.36. The van der Waals surface area contributed by atoms with Gasteiger partial charge in [-0.1, -0.05) is 41.5 Å². The summed E-state index contributed by atoms with van der Waals surface area (Å²) in [5, 5.41) is 0. The number of sulfonamides is 1. The fourth-order valence-corrected chi connectivity index (χ4v) is 5.06. The van der Waals surface area contributed by atoms with Gasteiger partial charge in [0, 0.05) is 6.54 Å². The van der Waals surface area contributed by atoms with E-state index in [9.17, 15) is 8.42 Å². The van der Waals surface area contributed by atoms with Crippen LogP contribution >= 0.6 is 0 Å². The first kappa shape index (κ1) is 16.2. The summed E-state index contributed by atoms with van der Waals surface area (Å²) in [5.74, 6) is 0. The number of hydrogen-bond donors (Lipinski definition) is 0. The van der Waals surface area contributed by atoms with Gasteiger partial charge in [0.15, 0.2) is 0 Å². The second kappa shape index (κ2) is 6.10. The molecule has 1 aliphatic heterocycles. The van der Waals surface area contributed by atoms with Gasteiger partial charge in [-0.25, -0.2) is 8.42 Å². The molecule has 0 bridgehead atoms. The molecule has 0 aromatic heterocycles. The highest BCUT2D eigenvalue weighted by Crippen LogP contribution is 2.38. The van der Waals surface area contributed by atoms with Crippen molar-refractivity contribution in [3.8, 4) is 0 Å². The van der Waals surface area contributed by atoms with E-state index < -0.39 is 10.0 Å². The molecule has 0 unspecified atom stereocenters. The second-order valence-electron chi connectivity index (χ2n) is 6.45. The molecule has 122 valence electrons. The summed E-state index contributed by atoms with van der Waals surface area (Å²) in [6.45, 7) is 6.68. The van der Waals surface area contributed by atoms with Crippen LogP contribution in [-0.2, 0) is 10.0 Å². The lowest BCUT2D eigenvalue weighted by atomic mass is 9.98. The van der Waals surface area contributed by atoms with Crippen LogP contribution in [0.2, 0.25) is 0 Å². The highest BCUT2D eigenvalue weighted by atomic mass is 32.2. The van der Waals surface area contributed by atoms with Gasteiger partial charge < -0.3 is 0 Å². The molecule has 4 heteroatoms. The average molecular weight is 329 g/mol. The molecule has 1 aliphatic rings. The Balaban J connectivity index is 1.99. The van der Waals surface area contributed by atoms with Gasteiger partial charge in [0.05, 0.1) is 10.9 Å². The third kappa shape index (κ3) is 3.06. The lowest BCUT2D eigenvalue weighted by molar-refractivity contribution is 0.395. The second-order valence-corrected chi connectivity index (χ2v) is 8.34. The highest BCUT2D eigenvalue weighted by molar-refractivity contribution is 7.89. The number of hydrogen-bond acceptors (Lipinski definition) is 2. The lowest BCUT2D eigenvalue weighted by Gasteiger charge is -2.26. The van der Waals surface area contributed by atoms with Crippen molar-refractivity contribution in [3.63, 3.8) is 0 Å². The van der Waals surface area contributed by atoms with Gasteiger partial charge in [-0.3, -0.25) is 0 Å². The molecule has 23 heavy (non-hydrogen) atoms. The molecule has 2 aromatic carbocycles. The van der Waals surface area contributed by atoms with E-state index in [1.54, 1.807) is 16.4 Å². The van der Waals surface area contributed by atoms with Gasteiger partial charge in [-0.2, -0.15) is 4.31 Å². The average Bonchev–Trinajstić information content (AvgIpc) is 2.97. The Kier molecular flexibility index (Phi) is 4.30. The van der Waals surface area contributed by atoms with Crippen molar-refractivity contribution in [3.05, 3.63) is 64.7 Å². The van der Waals surface area contributed by atoms with Gasteiger partial charge >= 0.3 is 0 Å². The summed E-state index contributed by atoms with van der Waals surface area (Å²) < 4.78 is 27.7. The number of benzene rings is 2. The monoisotopic (exact) mass is 329 g/mol. The van der Waals surface area contributed by atoms with Gasteiger partial charge in [0.2, 0.25) is 10.0 Å². The fraction of sp³-hybridized carbons (Fsp3) is 0.368. The third-order valence-electron chi connectivity index (χ3n) is 4.62. The largest absolute Gasteiger partial charge is 0.243 e. The molecular weight excluding hydrogens is 306 g/mol. The van der Waals surface area contributed by atoms with Crippen LogP contribution in [0.3, 0.4) is 0 Å². The summed E-state index contributed by atoms with van der Waals surface area (Å²) in [7, 11) is -3.45. The minimum absolute atomic E-state index is 0.0538. The Morgan fingerprint density at radius 2 is 1.61 bits per heavy atom. The Labute approximate surface area is 139 Å². The molecule has 0 spiro atoms. The maximum absolute atomic E-state index is 13.0. The Hall–Kier alpha value is -1.65. The molecule has 3 nitrogen and oxygen atoms in total. The maximum atomic E-state index is 13.0. The molecule has 0 aliphatic carbocycles. The van der Waals surface area contributed by atoms with E-state index in [1.807, 2.05) is 19.1 Å². The normalized spacial score (nSPS) is 19.2. The molecule has 0 N–H and O–H groups in total. The number of nitrogens with zero attached hydrogens (tertiary/aromatic N) is 1. The minimum atomic E-state index is -3.45. The predicted molar refractivity (Wildman–Crippen MR) is 93.0 cm³/mol. The topological polar surface area (TPSA) is 37.4 Å². The van der Waals surface area contributed by atoms with Crippen molar-refractivity contribution in [1.29, 1.82) is 0 Å². The molecule has 1 fully saturated rings. The van der Waals surface area contributed by atoms with Crippen LogP contribution in [0.4, 0.5) is 0 Å². The van der Waals surface area contributed by atoms with Crippen molar-refractivity contribution >= 4 is 10.0 Å². The smallest absolute Gasteiger partial charge is 0.207 e. The summed E-state index contributed by atoms with van der Waals surface area (Å²) in [6, 6.07) is 13.4. The molecule has 1 atom stereocenters. The van der Waals surface area contributed by atoms with E-state index in [0.29, 0.717) is 11.4 Å². The Bertz CT molecular complexity index is 810. The molecule has 3 rings (SSSR count). The first-order chi connectivity index (χ1) is 10.9. The molecule has 0 saturated carbocycles. The summed E-state index contributed by atoms with van der Waals surface area (Å²) in [5.41, 5.74) is 4.57. The SMILES string of the molecule is Cc1ccc(S(=O)(=O)N2CCC[C@H]2c2ccc(C)cc2C)cc1. The molecular formula is C19H23NO2S. The van der Waals surface area contributed by atoms with E-state index >= 15 is 0 Å². The summed E-state index contributed by atoms with van der Waals surface area (Å²) >= 11 is 0. The molecule has 0 amide bonds. The van der Waals surface area contributed by atoms with Crippen LogP contribution in [0.5, 0.6) is 0 Å². The quantitative estimate of drug-likeness (QED) is 0.849. The van der Waals surface area contributed by atoms with Crippen LogP contribution in [0.15, 0.2) is 47.4 Å². The molecule has 0 radical (unpaired) electrons. The van der Waals surface area contributed by atoms with E-state index in [4.69, 9.17) is 0 Å². The predicted octanol–water partition coefficient (Wildman–Crippen LogP) is 4.14. The van der Waals surface area contributed by atoms with Crippen LogP contribution in [0.1, 0.15) is 41.1 Å². The lowest BCUT2D eigenvalue weighted by Crippen LogP contribution is -2.31. The summed E-state index contributed by atoms with van der Waals surface area (Å²) in [4.78, 5) is 0.389.